The summed E-state index contributed by atoms with van der Waals surface area (Å²) >= 11 is 0. The van der Waals surface area contributed by atoms with Gasteiger partial charge in [0.2, 0.25) is 5.91 Å². The monoisotopic (exact) mass is 246 g/mol. The number of anilines is 2. The smallest absolute Gasteiger partial charge is 0.227 e. The molecule has 0 bridgehead atoms. The number of rotatable bonds is 5. The highest BCUT2D eigenvalue weighted by Gasteiger charge is 2.21. The molecule has 98 valence electrons. The van der Waals surface area contributed by atoms with E-state index in [0.717, 1.165) is 37.3 Å². The van der Waals surface area contributed by atoms with Crippen LogP contribution in [0.1, 0.15) is 33.1 Å². The molecule has 0 radical (unpaired) electrons. The third-order valence-corrected chi connectivity index (χ3v) is 3.28. The van der Waals surface area contributed by atoms with E-state index in [4.69, 9.17) is 0 Å². The van der Waals surface area contributed by atoms with Crippen molar-refractivity contribution >= 4 is 17.3 Å². The maximum Gasteiger partial charge on any atom is 0.227 e. The second-order valence-electron chi connectivity index (χ2n) is 5.31. The van der Waals surface area contributed by atoms with E-state index in [1.165, 1.54) is 0 Å². The van der Waals surface area contributed by atoms with Crippen LogP contribution in [0.2, 0.25) is 0 Å². The van der Waals surface area contributed by atoms with E-state index < -0.39 is 0 Å². The summed E-state index contributed by atoms with van der Waals surface area (Å²) in [5.41, 5.74) is 2.12. The molecule has 1 N–H and O–H groups in total. The Balaban J connectivity index is 1.98. The lowest BCUT2D eigenvalue weighted by atomic mass is 10.1. The molecule has 0 atom stereocenters. The standard InChI is InChI=1S/C15H22N2O/c1-12(2)8-9-16-13-5-3-6-14(11-13)17-10-4-7-15(17)18/h3,5-6,11-12,16H,4,7-10H2,1-2H3. The fraction of sp³-hybridized carbons (Fsp3) is 0.533. The van der Waals surface area contributed by atoms with Gasteiger partial charge < -0.3 is 10.2 Å². The highest BCUT2D eigenvalue weighted by Crippen LogP contribution is 2.24. The predicted molar refractivity (Wildman–Crippen MR) is 76.0 cm³/mol. The molecule has 0 spiro atoms. The summed E-state index contributed by atoms with van der Waals surface area (Å²) < 4.78 is 0. The molecule has 1 amide bonds. The van der Waals surface area contributed by atoms with Crippen LogP contribution in [0.15, 0.2) is 24.3 Å². The minimum atomic E-state index is 0.245. The number of hydrogen-bond donors (Lipinski definition) is 1. The van der Waals surface area contributed by atoms with Gasteiger partial charge in [0.25, 0.3) is 0 Å². The van der Waals surface area contributed by atoms with Crippen LogP contribution in [-0.2, 0) is 4.79 Å². The number of hydrogen-bond acceptors (Lipinski definition) is 2. The first-order chi connectivity index (χ1) is 8.66. The zero-order chi connectivity index (χ0) is 13.0. The topological polar surface area (TPSA) is 32.3 Å². The quantitative estimate of drug-likeness (QED) is 0.864. The van der Waals surface area contributed by atoms with Gasteiger partial charge in [-0.05, 0) is 37.0 Å². The van der Waals surface area contributed by atoms with E-state index in [1.54, 1.807) is 0 Å². The first kappa shape index (κ1) is 12.9. The molecule has 0 saturated carbocycles. The average molecular weight is 246 g/mol. The maximum absolute atomic E-state index is 11.7. The Bertz CT molecular complexity index is 415. The molecule has 0 unspecified atom stereocenters. The van der Waals surface area contributed by atoms with E-state index in [1.807, 2.05) is 17.0 Å². The van der Waals surface area contributed by atoms with Gasteiger partial charge in [0.15, 0.2) is 0 Å². The number of benzene rings is 1. The molecule has 1 saturated heterocycles. The van der Waals surface area contributed by atoms with E-state index in [0.29, 0.717) is 12.3 Å². The Morgan fingerprint density at radius 2 is 2.22 bits per heavy atom. The SMILES string of the molecule is CC(C)CCNc1cccc(N2CCCC2=O)c1. The zero-order valence-corrected chi connectivity index (χ0v) is 11.3. The minimum Gasteiger partial charge on any atom is -0.385 e. The molecule has 1 fully saturated rings. The van der Waals surface area contributed by atoms with E-state index in [2.05, 4.69) is 31.3 Å². The molecule has 1 aliphatic rings. The lowest BCUT2D eigenvalue weighted by Crippen LogP contribution is -2.23. The largest absolute Gasteiger partial charge is 0.385 e. The van der Waals surface area contributed by atoms with Crippen molar-refractivity contribution < 1.29 is 4.79 Å². The number of carbonyl (C=O) groups is 1. The second kappa shape index (κ2) is 5.89. The van der Waals surface area contributed by atoms with Crippen LogP contribution in [-0.4, -0.2) is 19.0 Å². The maximum atomic E-state index is 11.7. The third-order valence-electron chi connectivity index (χ3n) is 3.28. The zero-order valence-electron chi connectivity index (χ0n) is 11.3. The van der Waals surface area contributed by atoms with Crippen molar-refractivity contribution in [3.05, 3.63) is 24.3 Å². The molecular formula is C15H22N2O. The summed E-state index contributed by atoms with van der Waals surface area (Å²) in [6, 6.07) is 8.16. The lowest BCUT2D eigenvalue weighted by molar-refractivity contribution is -0.117. The summed E-state index contributed by atoms with van der Waals surface area (Å²) in [7, 11) is 0. The molecule has 3 heteroatoms. The van der Waals surface area contributed by atoms with Crippen LogP contribution in [0.3, 0.4) is 0 Å². The molecule has 18 heavy (non-hydrogen) atoms. The Morgan fingerprint density at radius 3 is 2.89 bits per heavy atom. The molecule has 3 nitrogen and oxygen atoms in total. The van der Waals surface area contributed by atoms with Crippen molar-refractivity contribution in [3.8, 4) is 0 Å². The van der Waals surface area contributed by atoms with Crippen molar-refractivity contribution in [3.63, 3.8) is 0 Å². The van der Waals surface area contributed by atoms with Gasteiger partial charge in [-0.1, -0.05) is 19.9 Å². The molecular weight excluding hydrogens is 224 g/mol. The molecule has 1 aromatic carbocycles. The van der Waals surface area contributed by atoms with E-state index in [-0.39, 0.29) is 5.91 Å². The van der Waals surface area contributed by atoms with Gasteiger partial charge in [-0.25, -0.2) is 0 Å². The fourth-order valence-corrected chi connectivity index (χ4v) is 2.21. The van der Waals surface area contributed by atoms with Crippen LogP contribution in [0.25, 0.3) is 0 Å². The average Bonchev–Trinajstić information content (AvgIpc) is 2.75. The van der Waals surface area contributed by atoms with Crippen LogP contribution in [0.5, 0.6) is 0 Å². The van der Waals surface area contributed by atoms with Gasteiger partial charge >= 0.3 is 0 Å². The Kier molecular flexibility index (Phi) is 4.24. The van der Waals surface area contributed by atoms with Gasteiger partial charge in [-0.2, -0.15) is 0 Å². The Labute approximate surface area is 109 Å². The van der Waals surface area contributed by atoms with Crippen LogP contribution in [0, 0.1) is 5.92 Å². The van der Waals surface area contributed by atoms with Gasteiger partial charge in [0, 0.05) is 30.9 Å². The van der Waals surface area contributed by atoms with Crippen molar-refractivity contribution in [2.75, 3.05) is 23.3 Å². The predicted octanol–water partition coefficient (Wildman–Crippen LogP) is 3.27. The number of nitrogens with zero attached hydrogens (tertiary/aromatic N) is 1. The Hall–Kier alpha value is -1.51. The highest BCUT2D eigenvalue weighted by molar-refractivity contribution is 5.95. The molecule has 1 aliphatic heterocycles. The van der Waals surface area contributed by atoms with Crippen molar-refractivity contribution in [2.24, 2.45) is 5.92 Å². The Morgan fingerprint density at radius 1 is 1.39 bits per heavy atom. The van der Waals surface area contributed by atoms with Crippen molar-refractivity contribution in [1.82, 2.24) is 0 Å². The normalized spacial score (nSPS) is 15.5. The highest BCUT2D eigenvalue weighted by atomic mass is 16.2. The summed E-state index contributed by atoms with van der Waals surface area (Å²) in [6.45, 7) is 6.28. The van der Waals surface area contributed by atoms with Crippen molar-refractivity contribution in [2.45, 2.75) is 33.1 Å². The van der Waals surface area contributed by atoms with E-state index >= 15 is 0 Å². The summed E-state index contributed by atoms with van der Waals surface area (Å²) in [4.78, 5) is 13.6. The lowest BCUT2D eigenvalue weighted by Gasteiger charge is -2.17. The first-order valence-electron chi connectivity index (χ1n) is 6.81. The summed E-state index contributed by atoms with van der Waals surface area (Å²) in [5.74, 6) is 0.954. The summed E-state index contributed by atoms with van der Waals surface area (Å²) in [5, 5.41) is 3.42. The van der Waals surface area contributed by atoms with Crippen LogP contribution in [0.4, 0.5) is 11.4 Å². The minimum absolute atomic E-state index is 0.245. The van der Waals surface area contributed by atoms with Crippen LogP contribution >= 0.6 is 0 Å². The van der Waals surface area contributed by atoms with Crippen molar-refractivity contribution in [1.29, 1.82) is 0 Å². The van der Waals surface area contributed by atoms with Crippen LogP contribution < -0.4 is 10.2 Å². The second-order valence-corrected chi connectivity index (χ2v) is 5.31. The molecule has 2 rings (SSSR count). The fourth-order valence-electron chi connectivity index (χ4n) is 2.21. The van der Waals surface area contributed by atoms with Gasteiger partial charge in [-0.15, -0.1) is 0 Å². The number of carbonyl (C=O) groups excluding carboxylic acids is 1. The van der Waals surface area contributed by atoms with Gasteiger partial charge in [0.1, 0.15) is 0 Å². The first-order valence-corrected chi connectivity index (χ1v) is 6.81. The molecule has 0 aromatic heterocycles. The summed E-state index contributed by atoms with van der Waals surface area (Å²) in [6.07, 6.45) is 2.82. The van der Waals surface area contributed by atoms with Gasteiger partial charge in [0.05, 0.1) is 0 Å². The third kappa shape index (κ3) is 3.25. The molecule has 1 aromatic rings. The number of amides is 1. The molecule has 0 aliphatic carbocycles. The number of nitrogens with one attached hydrogen (secondary N) is 1. The molecule has 1 heterocycles. The van der Waals surface area contributed by atoms with E-state index in [9.17, 15) is 4.79 Å². The van der Waals surface area contributed by atoms with Gasteiger partial charge in [-0.3, -0.25) is 4.79 Å².